The largest absolute Gasteiger partial charge is 0.347 e. The van der Waals surface area contributed by atoms with Crippen LogP contribution in [0.1, 0.15) is 32.1 Å². The molecule has 1 amide bonds. The molecule has 2 nitrogen and oxygen atoms in total. The Kier molecular flexibility index (Phi) is 4.29. The number of carbonyl (C=O) groups is 1. The maximum atomic E-state index is 12.1. The van der Waals surface area contributed by atoms with Crippen molar-refractivity contribution in [2.75, 3.05) is 0 Å². The molecule has 1 N–H and O–H groups in total. The Balaban J connectivity index is 1.66. The van der Waals surface area contributed by atoms with E-state index in [1.54, 1.807) is 0 Å². The summed E-state index contributed by atoms with van der Waals surface area (Å²) in [6, 6.07) is 7.81. The first-order chi connectivity index (χ1) is 9.61. The van der Waals surface area contributed by atoms with Gasteiger partial charge in [0.15, 0.2) is 0 Å². The standard InChI is InChI=1S/C15H13Br2NOS/c16-11-4-10(5-12(17)7-11)15(19)18-8-13-6-9-2-1-3-14(9)20-13/h4-7H,1-3,8H2,(H,18,19). The summed E-state index contributed by atoms with van der Waals surface area (Å²) in [5.41, 5.74) is 2.14. The molecule has 0 bridgehead atoms. The highest BCUT2D eigenvalue weighted by Crippen LogP contribution is 2.30. The van der Waals surface area contributed by atoms with Crippen molar-refractivity contribution in [2.45, 2.75) is 25.8 Å². The maximum Gasteiger partial charge on any atom is 0.251 e. The quantitative estimate of drug-likeness (QED) is 0.775. The van der Waals surface area contributed by atoms with Crippen LogP contribution in [0.25, 0.3) is 0 Å². The highest BCUT2D eigenvalue weighted by molar-refractivity contribution is 9.11. The van der Waals surface area contributed by atoms with Crippen molar-refractivity contribution in [1.29, 1.82) is 0 Å². The molecule has 20 heavy (non-hydrogen) atoms. The average Bonchev–Trinajstić information content (AvgIpc) is 2.95. The van der Waals surface area contributed by atoms with Crippen LogP contribution in [0, 0.1) is 0 Å². The number of thiophene rings is 1. The van der Waals surface area contributed by atoms with E-state index in [-0.39, 0.29) is 5.91 Å². The minimum atomic E-state index is -0.0411. The second-order valence-corrected chi connectivity index (χ2v) is 7.91. The maximum absolute atomic E-state index is 12.1. The molecule has 0 aliphatic heterocycles. The third-order valence-electron chi connectivity index (χ3n) is 3.35. The lowest BCUT2D eigenvalue weighted by atomic mass is 10.2. The number of amides is 1. The van der Waals surface area contributed by atoms with Gasteiger partial charge in [0, 0.05) is 24.3 Å². The summed E-state index contributed by atoms with van der Waals surface area (Å²) < 4.78 is 1.79. The summed E-state index contributed by atoms with van der Waals surface area (Å²) in [6.07, 6.45) is 3.67. The van der Waals surface area contributed by atoms with Crippen LogP contribution in [0.4, 0.5) is 0 Å². The monoisotopic (exact) mass is 413 g/mol. The number of hydrogen-bond acceptors (Lipinski definition) is 2. The summed E-state index contributed by atoms with van der Waals surface area (Å²) in [7, 11) is 0. The molecule has 1 aliphatic carbocycles. The first-order valence-electron chi connectivity index (χ1n) is 6.46. The number of aryl methyl sites for hydroxylation is 2. The zero-order valence-electron chi connectivity index (χ0n) is 10.7. The first kappa shape index (κ1) is 14.3. The topological polar surface area (TPSA) is 29.1 Å². The lowest BCUT2D eigenvalue weighted by Gasteiger charge is -2.05. The van der Waals surface area contributed by atoms with E-state index in [2.05, 4.69) is 43.2 Å². The van der Waals surface area contributed by atoms with Crippen molar-refractivity contribution in [3.8, 4) is 0 Å². The number of hydrogen-bond donors (Lipinski definition) is 1. The third-order valence-corrected chi connectivity index (χ3v) is 5.50. The number of rotatable bonds is 3. The number of nitrogens with one attached hydrogen (secondary N) is 1. The van der Waals surface area contributed by atoms with Gasteiger partial charge in [0.25, 0.3) is 5.91 Å². The molecule has 1 heterocycles. The molecule has 3 rings (SSSR count). The van der Waals surface area contributed by atoms with Crippen LogP contribution in [-0.4, -0.2) is 5.91 Å². The summed E-state index contributed by atoms with van der Waals surface area (Å²) >= 11 is 8.63. The van der Waals surface area contributed by atoms with E-state index >= 15 is 0 Å². The molecule has 0 atom stereocenters. The average molecular weight is 415 g/mol. The van der Waals surface area contributed by atoms with E-state index in [9.17, 15) is 4.79 Å². The van der Waals surface area contributed by atoms with Crippen LogP contribution >= 0.6 is 43.2 Å². The van der Waals surface area contributed by atoms with Crippen molar-refractivity contribution >= 4 is 49.1 Å². The van der Waals surface area contributed by atoms with Crippen LogP contribution in [0.2, 0.25) is 0 Å². The van der Waals surface area contributed by atoms with E-state index < -0.39 is 0 Å². The Labute approximate surface area is 138 Å². The minimum absolute atomic E-state index is 0.0411. The molecule has 0 spiro atoms. The Morgan fingerprint density at radius 2 is 1.90 bits per heavy atom. The van der Waals surface area contributed by atoms with Gasteiger partial charge in [-0.15, -0.1) is 11.3 Å². The normalized spacial score (nSPS) is 13.3. The van der Waals surface area contributed by atoms with Crippen LogP contribution in [0.5, 0.6) is 0 Å². The van der Waals surface area contributed by atoms with Crippen LogP contribution in [-0.2, 0) is 19.4 Å². The summed E-state index contributed by atoms with van der Waals surface area (Å²) in [5.74, 6) is -0.0411. The molecular formula is C15H13Br2NOS. The van der Waals surface area contributed by atoms with Gasteiger partial charge in [-0.05, 0) is 49.1 Å². The molecule has 0 unspecified atom stereocenters. The SMILES string of the molecule is O=C(NCc1cc2c(s1)CCC2)c1cc(Br)cc(Br)c1. The third kappa shape index (κ3) is 3.15. The molecule has 2 aromatic rings. The second kappa shape index (κ2) is 6.00. The molecule has 0 radical (unpaired) electrons. The number of carbonyl (C=O) groups excluding carboxylic acids is 1. The highest BCUT2D eigenvalue weighted by Gasteiger charge is 2.15. The minimum Gasteiger partial charge on any atom is -0.347 e. The summed E-state index contributed by atoms with van der Waals surface area (Å²) in [6.45, 7) is 0.612. The van der Waals surface area contributed by atoms with Crippen molar-refractivity contribution in [3.63, 3.8) is 0 Å². The fourth-order valence-corrected chi connectivity index (χ4v) is 4.93. The van der Waals surface area contributed by atoms with Crippen LogP contribution in [0.3, 0.4) is 0 Å². The van der Waals surface area contributed by atoms with Gasteiger partial charge in [-0.25, -0.2) is 0 Å². The van der Waals surface area contributed by atoms with Crippen molar-refractivity contribution in [1.82, 2.24) is 5.32 Å². The van der Waals surface area contributed by atoms with Gasteiger partial charge in [0.1, 0.15) is 0 Å². The van der Waals surface area contributed by atoms with Crippen molar-refractivity contribution in [3.05, 3.63) is 54.1 Å². The molecular weight excluding hydrogens is 402 g/mol. The van der Waals surface area contributed by atoms with Gasteiger partial charge in [-0.1, -0.05) is 31.9 Å². The van der Waals surface area contributed by atoms with Crippen LogP contribution in [0.15, 0.2) is 33.2 Å². The van der Waals surface area contributed by atoms with E-state index in [1.807, 2.05) is 29.5 Å². The second-order valence-electron chi connectivity index (χ2n) is 4.86. The molecule has 5 heteroatoms. The first-order valence-corrected chi connectivity index (χ1v) is 8.87. The van der Waals surface area contributed by atoms with Gasteiger partial charge < -0.3 is 5.32 Å². The Hall–Kier alpha value is -0.650. The Morgan fingerprint density at radius 1 is 1.15 bits per heavy atom. The van der Waals surface area contributed by atoms with E-state index in [4.69, 9.17) is 0 Å². The summed E-state index contributed by atoms with van der Waals surface area (Å²) in [5, 5.41) is 2.99. The Morgan fingerprint density at radius 3 is 2.60 bits per heavy atom. The fourth-order valence-electron chi connectivity index (χ4n) is 2.43. The molecule has 0 fully saturated rings. The molecule has 0 saturated carbocycles. The zero-order valence-corrected chi connectivity index (χ0v) is 14.7. The lowest BCUT2D eigenvalue weighted by molar-refractivity contribution is 0.0951. The fraction of sp³-hybridized carbons (Fsp3) is 0.267. The smallest absolute Gasteiger partial charge is 0.251 e. The number of fused-ring (bicyclic) bond motifs is 1. The molecule has 104 valence electrons. The van der Waals surface area contributed by atoms with Gasteiger partial charge in [0.05, 0.1) is 6.54 Å². The lowest BCUT2D eigenvalue weighted by Crippen LogP contribution is -2.22. The number of benzene rings is 1. The van der Waals surface area contributed by atoms with E-state index in [0.717, 1.165) is 8.95 Å². The van der Waals surface area contributed by atoms with E-state index in [0.29, 0.717) is 12.1 Å². The van der Waals surface area contributed by atoms with E-state index in [1.165, 1.54) is 34.6 Å². The highest BCUT2D eigenvalue weighted by atomic mass is 79.9. The van der Waals surface area contributed by atoms with Gasteiger partial charge in [-0.3, -0.25) is 4.79 Å². The molecule has 0 saturated heterocycles. The zero-order chi connectivity index (χ0) is 14.1. The molecule has 1 aliphatic rings. The van der Waals surface area contributed by atoms with Gasteiger partial charge in [0.2, 0.25) is 0 Å². The molecule has 1 aromatic carbocycles. The van der Waals surface area contributed by atoms with Gasteiger partial charge >= 0.3 is 0 Å². The predicted molar refractivity (Wildman–Crippen MR) is 89.4 cm³/mol. The number of halogens is 2. The molecule has 1 aromatic heterocycles. The van der Waals surface area contributed by atoms with Crippen molar-refractivity contribution in [2.24, 2.45) is 0 Å². The Bertz CT molecular complexity index is 624. The van der Waals surface area contributed by atoms with Crippen LogP contribution < -0.4 is 5.32 Å². The summed E-state index contributed by atoms with van der Waals surface area (Å²) in [4.78, 5) is 14.9. The van der Waals surface area contributed by atoms with Crippen molar-refractivity contribution < 1.29 is 4.79 Å². The predicted octanol–water partition coefficient (Wildman–Crippen LogP) is 4.69. The van der Waals surface area contributed by atoms with Gasteiger partial charge in [-0.2, -0.15) is 0 Å².